The van der Waals surface area contributed by atoms with Crippen LogP contribution in [-0.2, 0) is 0 Å². The van der Waals surface area contributed by atoms with Gasteiger partial charge in [-0.2, -0.15) is 0 Å². The molecule has 0 aliphatic carbocycles. The second-order valence-corrected chi connectivity index (χ2v) is 5.66. The first-order valence-electron chi connectivity index (χ1n) is 6.89. The van der Waals surface area contributed by atoms with E-state index in [9.17, 15) is 0 Å². The molecule has 1 unspecified atom stereocenters. The van der Waals surface area contributed by atoms with Crippen molar-refractivity contribution in [2.24, 2.45) is 5.41 Å². The van der Waals surface area contributed by atoms with Gasteiger partial charge in [0.1, 0.15) is 5.82 Å². The fourth-order valence-corrected chi connectivity index (χ4v) is 3.64. The minimum atomic E-state index is 0.548. The molecule has 2 fully saturated rings. The number of nitrogen functional groups attached to an aromatic ring is 1. The third-order valence-electron chi connectivity index (χ3n) is 4.58. The molecule has 1 aromatic heterocycles. The van der Waals surface area contributed by atoms with Gasteiger partial charge in [0.05, 0.1) is 11.9 Å². The summed E-state index contributed by atoms with van der Waals surface area (Å²) in [5, 5.41) is 0. The molecule has 0 radical (unpaired) electrons. The summed E-state index contributed by atoms with van der Waals surface area (Å²) in [5.74, 6) is 0.600. The molecule has 4 heteroatoms. The van der Waals surface area contributed by atoms with E-state index >= 15 is 0 Å². The van der Waals surface area contributed by atoms with Gasteiger partial charge in [-0.25, -0.2) is 4.98 Å². The first kappa shape index (κ1) is 11.8. The van der Waals surface area contributed by atoms with E-state index in [-0.39, 0.29) is 0 Å². The van der Waals surface area contributed by atoms with Crippen molar-refractivity contribution in [2.45, 2.75) is 26.3 Å². The van der Waals surface area contributed by atoms with E-state index < -0.39 is 0 Å². The zero-order valence-corrected chi connectivity index (χ0v) is 11.3. The standard InChI is InChI=1S/C14H22N4/c1-3-12-14(8-17(4-2)9-14)10-18(12)11-5-6-13(15)16-7-11/h5-7,12H,3-4,8-10H2,1-2H3,(H2,15,16). The monoisotopic (exact) mass is 246 g/mol. The molecule has 2 aliphatic rings. The minimum Gasteiger partial charge on any atom is -0.384 e. The summed E-state index contributed by atoms with van der Waals surface area (Å²) >= 11 is 0. The van der Waals surface area contributed by atoms with Crippen molar-refractivity contribution in [3.05, 3.63) is 18.3 Å². The van der Waals surface area contributed by atoms with Crippen molar-refractivity contribution in [1.82, 2.24) is 9.88 Å². The number of anilines is 2. The number of nitrogens with zero attached hydrogens (tertiary/aromatic N) is 3. The number of likely N-dealkylation sites (tertiary alicyclic amines) is 1. The van der Waals surface area contributed by atoms with E-state index in [1.54, 1.807) is 0 Å². The number of rotatable bonds is 3. The third kappa shape index (κ3) is 1.59. The molecule has 2 saturated heterocycles. The molecule has 3 heterocycles. The van der Waals surface area contributed by atoms with E-state index in [0.29, 0.717) is 17.3 Å². The highest BCUT2D eigenvalue weighted by Crippen LogP contribution is 2.48. The van der Waals surface area contributed by atoms with Gasteiger partial charge in [-0.3, -0.25) is 0 Å². The summed E-state index contributed by atoms with van der Waals surface area (Å²) in [5.41, 5.74) is 7.41. The van der Waals surface area contributed by atoms with Crippen LogP contribution in [0.4, 0.5) is 11.5 Å². The van der Waals surface area contributed by atoms with Gasteiger partial charge >= 0.3 is 0 Å². The summed E-state index contributed by atoms with van der Waals surface area (Å²) < 4.78 is 0. The molecule has 4 nitrogen and oxygen atoms in total. The Kier molecular flexibility index (Phi) is 2.70. The Balaban J connectivity index is 1.72. The lowest BCUT2D eigenvalue weighted by molar-refractivity contribution is -0.0564. The number of nitrogens with two attached hydrogens (primary N) is 1. The molecule has 98 valence electrons. The van der Waals surface area contributed by atoms with Crippen molar-refractivity contribution in [2.75, 3.05) is 36.8 Å². The summed E-state index contributed by atoms with van der Waals surface area (Å²) in [7, 11) is 0. The van der Waals surface area contributed by atoms with Crippen molar-refractivity contribution in [3.63, 3.8) is 0 Å². The quantitative estimate of drug-likeness (QED) is 0.879. The van der Waals surface area contributed by atoms with E-state index in [1.165, 1.54) is 38.3 Å². The molecule has 1 spiro atoms. The van der Waals surface area contributed by atoms with Crippen LogP contribution in [0.25, 0.3) is 0 Å². The van der Waals surface area contributed by atoms with Gasteiger partial charge in [0.25, 0.3) is 0 Å². The molecule has 0 saturated carbocycles. The summed E-state index contributed by atoms with van der Waals surface area (Å²) in [6.07, 6.45) is 3.11. The number of aromatic nitrogens is 1. The lowest BCUT2D eigenvalue weighted by atomic mass is 9.64. The highest BCUT2D eigenvalue weighted by molar-refractivity contribution is 5.53. The Morgan fingerprint density at radius 1 is 1.33 bits per heavy atom. The predicted molar refractivity (Wildman–Crippen MR) is 74.6 cm³/mol. The maximum Gasteiger partial charge on any atom is 0.123 e. The zero-order valence-electron chi connectivity index (χ0n) is 11.3. The fraction of sp³-hybridized carbons (Fsp3) is 0.643. The van der Waals surface area contributed by atoms with Crippen LogP contribution in [-0.4, -0.2) is 42.1 Å². The minimum absolute atomic E-state index is 0.548. The summed E-state index contributed by atoms with van der Waals surface area (Å²) in [6, 6.07) is 4.66. The van der Waals surface area contributed by atoms with Crippen LogP contribution in [0.1, 0.15) is 20.3 Å². The molecule has 1 aromatic rings. The van der Waals surface area contributed by atoms with Crippen LogP contribution in [0.2, 0.25) is 0 Å². The average Bonchev–Trinajstić information content (AvgIpc) is 2.29. The number of pyridine rings is 1. The molecule has 18 heavy (non-hydrogen) atoms. The molecule has 1 atom stereocenters. The van der Waals surface area contributed by atoms with Gasteiger partial charge < -0.3 is 15.5 Å². The van der Waals surface area contributed by atoms with E-state index in [2.05, 4.69) is 34.7 Å². The zero-order chi connectivity index (χ0) is 12.8. The van der Waals surface area contributed by atoms with Crippen molar-refractivity contribution in [3.8, 4) is 0 Å². The Labute approximate surface area is 109 Å². The van der Waals surface area contributed by atoms with Gasteiger partial charge in [0.15, 0.2) is 0 Å². The molecule has 3 rings (SSSR count). The van der Waals surface area contributed by atoms with Crippen LogP contribution in [0.15, 0.2) is 18.3 Å². The lowest BCUT2D eigenvalue weighted by Gasteiger charge is -2.66. The molecular formula is C14H22N4. The molecule has 2 aliphatic heterocycles. The smallest absolute Gasteiger partial charge is 0.123 e. The summed E-state index contributed by atoms with van der Waals surface area (Å²) in [4.78, 5) is 9.21. The van der Waals surface area contributed by atoms with Crippen molar-refractivity contribution < 1.29 is 0 Å². The van der Waals surface area contributed by atoms with Crippen LogP contribution < -0.4 is 10.6 Å². The summed E-state index contributed by atoms with van der Waals surface area (Å²) in [6.45, 7) is 9.42. The third-order valence-corrected chi connectivity index (χ3v) is 4.58. The van der Waals surface area contributed by atoms with Gasteiger partial charge in [-0.1, -0.05) is 13.8 Å². The van der Waals surface area contributed by atoms with Gasteiger partial charge in [-0.05, 0) is 25.1 Å². The second-order valence-electron chi connectivity index (χ2n) is 5.66. The van der Waals surface area contributed by atoms with Gasteiger partial charge in [0.2, 0.25) is 0 Å². The van der Waals surface area contributed by atoms with E-state index in [1.807, 2.05) is 12.3 Å². The Morgan fingerprint density at radius 3 is 2.67 bits per heavy atom. The second kappa shape index (κ2) is 4.12. The molecule has 2 N–H and O–H groups in total. The average molecular weight is 246 g/mol. The first-order valence-corrected chi connectivity index (χ1v) is 6.89. The predicted octanol–water partition coefficient (Wildman–Crippen LogP) is 1.58. The number of hydrogen-bond acceptors (Lipinski definition) is 4. The number of hydrogen-bond donors (Lipinski definition) is 1. The SMILES string of the molecule is CCC1N(c2ccc(N)nc2)CC12CN(CC)C2. The highest BCUT2D eigenvalue weighted by Gasteiger charge is 2.57. The van der Waals surface area contributed by atoms with Crippen LogP contribution in [0, 0.1) is 5.41 Å². The molecule has 0 aromatic carbocycles. The van der Waals surface area contributed by atoms with Crippen LogP contribution in [0.3, 0.4) is 0 Å². The van der Waals surface area contributed by atoms with E-state index in [4.69, 9.17) is 5.73 Å². The van der Waals surface area contributed by atoms with Crippen molar-refractivity contribution >= 4 is 11.5 Å². The Bertz CT molecular complexity index is 422. The van der Waals surface area contributed by atoms with Crippen molar-refractivity contribution in [1.29, 1.82) is 0 Å². The molecule has 0 bridgehead atoms. The lowest BCUT2D eigenvalue weighted by Crippen LogP contribution is -2.77. The van der Waals surface area contributed by atoms with Gasteiger partial charge in [0, 0.05) is 31.1 Å². The topological polar surface area (TPSA) is 45.4 Å². The molecule has 0 amide bonds. The van der Waals surface area contributed by atoms with E-state index in [0.717, 1.165) is 0 Å². The first-order chi connectivity index (χ1) is 8.68. The molecular weight excluding hydrogens is 224 g/mol. The Morgan fingerprint density at radius 2 is 2.11 bits per heavy atom. The Hall–Kier alpha value is -1.29. The normalized spacial score (nSPS) is 25.9. The maximum atomic E-state index is 5.64. The highest BCUT2D eigenvalue weighted by atomic mass is 15.3. The maximum absolute atomic E-state index is 5.64. The van der Waals surface area contributed by atoms with Crippen LogP contribution in [0.5, 0.6) is 0 Å². The van der Waals surface area contributed by atoms with Gasteiger partial charge in [-0.15, -0.1) is 0 Å². The largest absolute Gasteiger partial charge is 0.384 e. The fourth-order valence-electron chi connectivity index (χ4n) is 3.64. The van der Waals surface area contributed by atoms with Crippen LogP contribution >= 0.6 is 0 Å².